The molecule has 0 fully saturated rings. The number of ether oxygens (including phenoxy) is 3. The fraction of sp³-hybridized carbons (Fsp3) is 0.600. The summed E-state index contributed by atoms with van der Waals surface area (Å²) in [7, 11) is 1.88. The van der Waals surface area contributed by atoms with Crippen LogP contribution in [0.4, 0.5) is 0 Å². The van der Waals surface area contributed by atoms with Gasteiger partial charge in [0.15, 0.2) is 6.79 Å². The van der Waals surface area contributed by atoms with E-state index in [0.717, 1.165) is 11.3 Å². The minimum absolute atomic E-state index is 0.178. The molecule has 0 aliphatic rings. The molecule has 1 rings (SSSR count). The van der Waals surface area contributed by atoms with Crippen LogP contribution >= 0.6 is 8.03 Å². The summed E-state index contributed by atoms with van der Waals surface area (Å²) < 4.78 is 32.5. The minimum atomic E-state index is -1.65. The third kappa shape index (κ3) is 7.82. The Bertz CT molecular complexity index is 444. The first-order valence-electron chi connectivity index (χ1n) is 7.20. The van der Waals surface area contributed by atoms with E-state index in [0.29, 0.717) is 32.7 Å². The van der Waals surface area contributed by atoms with Gasteiger partial charge in [0.05, 0.1) is 19.8 Å². The summed E-state index contributed by atoms with van der Waals surface area (Å²) in [4.78, 5) is 1.95. The number of methoxy groups -OCH3 is 1. The van der Waals surface area contributed by atoms with Crippen LogP contribution in [0.15, 0.2) is 24.3 Å². The first-order valence-corrected chi connectivity index (χ1v) is 8.57. The van der Waals surface area contributed by atoms with Gasteiger partial charge in [-0.2, -0.15) is 0 Å². The smallest absolute Gasteiger partial charge is 0.467 e. The molecular weight excluding hydrogens is 305 g/mol. The molecule has 0 bridgehead atoms. The highest BCUT2D eigenvalue weighted by Crippen LogP contribution is 2.25. The quantitative estimate of drug-likeness (QED) is 0.334. The maximum Gasteiger partial charge on any atom is 0.524 e. The molecule has 0 heterocycles. The van der Waals surface area contributed by atoms with Crippen molar-refractivity contribution < 1.29 is 23.3 Å². The molecule has 0 radical (unpaired) electrons. The minimum Gasteiger partial charge on any atom is -0.467 e. The summed E-state index contributed by atoms with van der Waals surface area (Å²) >= 11 is 0. The van der Waals surface area contributed by atoms with Gasteiger partial charge in [0.25, 0.3) is 0 Å². The van der Waals surface area contributed by atoms with E-state index in [1.807, 2.05) is 43.1 Å². The SMILES string of the molecule is CCO[P+](=O)CN(C)Cc1ccccc1OCOCCOC. The van der Waals surface area contributed by atoms with Gasteiger partial charge in [0.2, 0.25) is 6.29 Å². The molecule has 1 aromatic carbocycles. The van der Waals surface area contributed by atoms with Gasteiger partial charge in [-0.15, -0.1) is 4.52 Å². The maximum atomic E-state index is 11.6. The summed E-state index contributed by atoms with van der Waals surface area (Å²) in [6, 6.07) is 7.74. The number of rotatable bonds is 12. The van der Waals surface area contributed by atoms with Crippen molar-refractivity contribution in [3.05, 3.63) is 29.8 Å². The molecule has 0 amide bonds. The van der Waals surface area contributed by atoms with Gasteiger partial charge in [-0.3, -0.25) is 4.90 Å². The van der Waals surface area contributed by atoms with Crippen LogP contribution in [-0.2, 0) is 25.1 Å². The van der Waals surface area contributed by atoms with Crippen molar-refractivity contribution in [1.82, 2.24) is 4.90 Å². The highest BCUT2D eigenvalue weighted by molar-refractivity contribution is 7.39. The highest BCUT2D eigenvalue weighted by atomic mass is 31.1. The van der Waals surface area contributed by atoms with E-state index in [1.54, 1.807) is 7.11 Å². The topological polar surface area (TPSA) is 57.2 Å². The first-order chi connectivity index (χ1) is 10.7. The van der Waals surface area contributed by atoms with Crippen LogP contribution < -0.4 is 4.74 Å². The van der Waals surface area contributed by atoms with Gasteiger partial charge in [-0.1, -0.05) is 18.2 Å². The Balaban J connectivity index is 2.47. The largest absolute Gasteiger partial charge is 0.524 e. The van der Waals surface area contributed by atoms with Gasteiger partial charge in [0, 0.05) is 19.2 Å². The predicted molar refractivity (Wildman–Crippen MR) is 85.3 cm³/mol. The van der Waals surface area contributed by atoms with Gasteiger partial charge < -0.3 is 14.2 Å². The Morgan fingerprint density at radius 2 is 2.00 bits per heavy atom. The summed E-state index contributed by atoms with van der Waals surface area (Å²) in [6.07, 6.45) is 0.391. The molecule has 124 valence electrons. The van der Waals surface area contributed by atoms with Crippen molar-refractivity contribution in [1.29, 1.82) is 0 Å². The zero-order valence-corrected chi connectivity index (χ0v) is 14.4. The van der Waals surface area contributed by atoms with Gasteiger partial charge in [-0.05, 0) is 24.6 Å². The van der Waals surface area contributed by atoms with Crippen LogP contribution in [0.5, 0.6) is 5.75 Å². The third-order valence-electron chi connectivity index (χ3n) is 2.77. The third-order valence-corrected chi connectivity index (χ3v) is 4.03. The Morgan fingerprint density at radius 1 is 1.23 bits per heavy atom. The number of hydrogen-bond donors (Lipinski definition) is 0. The average molecular weight is 330 g/mol. The second-order valence-corrected chi connectivity index (χ2v) is 5.88. The zero-order valence-electron chi connectivity index (χ0n) is 13.5. The number of hydrogen-bond acceptors (Lipinski definition) is 6. The molecule has 22 heavy (non-hydrogen) atoms. The molecule has 0 aliphatic carbocycles. The van der Waals surface area contributed by atoms with E-state index in [9.17, 15) is 4.57 Å². The highest BCUT2D eigenvalue weighted by Gasteiger charge is 2.20. The molecule has 0 N–H and O–H groups in total. The lowest BCUT2D eigenvalue weighted by Gasteiger charge is -2.15. The van der Waals surface area contributed by atoms with Crippen LogP contribution in [0.3, 0.4) is 0 Å². The number of nitrogens with zero attached hydrogens (tertiary/aromatic N) is 1. The normalized spacial score (nSPS) is 11.7. The van der Waals surface area contributed by atoms with Crippen molar-refractivity contribution in [3.63, 3.8) is 0 Å². The maximum absolute atomic E-state index is 11.6. The second kappa shape index (κ2) is 11.5. The molecule has 0 saturated carbocycles. The molecule has 1 unspecified atom stereocenters. The Kier molecular flexibility index (Phi) is 9.95. The second-order valence-electron chi connectivity index (χ2n) is 4.68. The Morgan fingerprint density at radius 3 is 2.73 bits per heavy atom. The van der Waals surface area contributed by atoms with E-state index in [1.165, 1.54) is 0 Å². The van der Waals surface area contributed by atoms with E-state index >= 15 is 0 Å². The zero-order chi connectivity index (χ0) is 16.2. The van der Waals surface area contributed by atoms with Crippen molar-refractivity contribution in [2.45, 2.75) is 13.5 Å². The first kappa shape index (κ1) is 19.0. The molecule has 0 aliphatic heterocycles. The fourth-order valence-electron chi connectivity index (χ4n) is 1.80. The molecule has 6 nitrogen and oxygen atoms in total. The standard InChI is InChI=1S/C15H25NO5P/c1-4-21-22(17)12-16(2)11-14-7-5-6-8-15(14)20-13-19-10-9-18-3/h5-8H,4,9-13H2,1-3H3/q+1. The molecule has 1 aromatic rings. The number of benzene rings is 1. The Labute approximate surface area is 133 Å². The monoisotopic (exact) mass is 330 g/mol. The molecule has 0 saturated heterocycles. The average Bonchev–Trinajstić information content (AvgIpc) is 2.48. The number of para-hydroxylation sites is 1. The predicted octanol–water partition coefficient (Wildman–Crippen LogP) is 2.85. The fourth-order valence-corrected chi connectivity index (χ4v) is 2.67. The Hall–Kier alpha value is -1.04. The molecule has 0 aromatic heterocycles. The van der Waals surface area contributed by atoms with E-state index in [2.05, 4.69) is 0 Å². The lowest BCUT2D eigenvalue weighted by atomic mass is 10.2. The van der Waals surface area contributed by atoms with Gasteiger partial charge in [0.1, 0.15) is 5.75 Å². The molecule has 0 spiro atoms. The lowest BCUT2D eigenvalue weighted by molar-refractivity contribution is -0.00906. The lowest BCUT2D eigenvalue weighted by Crippen LogP contribution is -2.18. The van der Waals surface area contributed by atoms with E-state index in [-0.39, 0.29) is 6.79 Å². The van der Waals surface area contributed by atoms with Crippen molar-refractivity contribution in [2.75, 3.05) is 47.1 Å². The van der Waals surface area contributed by atoms with Crippen molar-refractivity contribution >= 4 is 8.03 Å². The molecule has 7 heteroatoms. The van der Waals surface area contributed by atoms with Crippen LogP contribution in [0, 0.1) is 0 Å². The summed E-state index contributed by atoms with van der Waals surface area (Å²) in [5.74, 6) is 0.762. The van der Waals surface area contributed by atoms with Gasteiger partial charge >= 0.3 is 8.03 Å². The summed E-state index contributed by atoms with van der Waals surface area (Å²) in [5.41, 5.74) is 1.01. The van der Waals surface area contributed by atoms with Gasteiger partial charge in [-0.25, -0.2) is 0 Å². The van der Waals surface area contributed by atoms with E-state index < -0.39 is 8.03 Å². The van der Waals surface area contributed by atoms with Crippen molar-refractivity contribution in [3.8, 4) is 5.75 Å². The summed E-state index contributed by atoms with van der Waals surface area (Å²) in [5, 5.41) is 0. The molecule has 1 atom stereocenters. The molecular formula is C15H25NO5P+. The van der Waals surface area contributed by atoms with E-state index in [4.69, 9.17) is 18.7 Å². The summed E-state index contributed by atoms with van der Waals surface area (Å²) in [6.45, 7) is 4.13. The van der Waals surface area contributed by atoms with Crippen LogP contribution in [0.25, 0.3) is 0 Å². The van der Waals surface area contributed by atoms with Crippen LogP contribution in [0.2, 0.25) is 0 Å². The van der Waals surface area contributed by atoms with Crippen molar-refractivity contribution in [2.24, 2.45) is 0 Å². The van der Waals surface area contributed by atoms with Crippen LogP contribution in [0.1, 0.15) is 12.5 Å². The van der Waals surface area contributed by atoms with Crippen LogP contribution in [-0.4, -0.2) is 52.0 Å².